The summed E-state index contributed by atoms with van der Waals surface area (Å²) in [5, 5.41) is 0. The van der Waals surface area contributed by atoms with Crippen molar-refractivity contribution in [1.29, 1.82) is 0 Å². The van der Waals surface area contributed by atoms with Crippen LogP contribution >= 0.6 is 0 Å². The second-order valence-corrected chi connectivity index (χ2v) is 5.98. The normalized spacial score (nSPS) is 13.1. The summed E-state index contributed by atoms with van der Waals surface area (Å²) in [6.07, 6.45) is 1.34. The van der Waals surface area contributed by atoms with Crippen LogP contribution in [-0.4, -0.2) is 23.8 Å². The number of amides is 2. The average molecular weight is 323 g/mol. The fourth-order valence-corrected chi connectivity index (χ4v) is 3.05. The number of likely N-dealkylation sites (N-methyl/N-ethyl adjacent to an activating group) is 1. The first-order valence-corrected chi connectivity index (χ1v) is 8.51. The molecular weight excluding hydrogens is 298 g/mol. The zero-order valence-corrected chi connectivity index (χ0v) is 14.6. The Hall–Kier alpha value is -2.42. The molecular formula is C21H25NO2. The van der Waals surface area contributed by atoms with Crippen molar-refractivity contribution in [2.24, 2.45) is 0 Å². The van der Waals surface area contributed by atoms with Crippen LogP contribution in [0.2, 0.25) is 0 Å². The molecule has 0 N–H and O–H groups in total. The van der Waals surface area contributed by atoms with Crippen LogP contribution in [0.1, 0.15) is 49.7 Å². The number of hydrogen-bond donors (Lipinski definition) is 0. The lowest BCUT2D eigenvalue weighted by molar-refractivity contribution is -0.145. The first-order chi connectivity index (χ1) is 11.6. The molecule has 2 aromatic rings. The summed E-state index contributed by atoms with van der Waals surface area (Å²) in [7, 11) is 1.60. The number of benzene rings is 2. The van der Waals surface area contributed by atoms with Crippen LogP contribution < -0.4 is 0 Å². The summed E-state index contributed by atoms with van der Waals surface area (Å²) in [4.78, 5) is 27.1. The lowest BCUT2D eigenvalue weighted by Crippen LogP contribution is -2.39. The monoisotopic (exact) mass is 323 g/mol. The Bertz CT molecular complexity index is 607. The summed E-state index contributed by atoms with van der Waals surface area (Å²) in [5.74, 6) is -0.840. The van der Waals surface area contributed by atoms with Gasteiger partial charge >= 0.3 is 0 Å². The average Bonchev–Trinajstić information content (AvgIpc) is 2.64. The van der Waals surface area contributed by atoms with Crippen molar-refractivity contribution in [3.63, 3.8) is 0 Å². The van der Waals surface area contributed by atoms with Crippen LogP contribution in [-0.2, 0) is 9.59 Å². The minimum absolute atomic E-state index is 0.136. The van der Waals surface area contributed by atoms with Crippen molar-refractivity contribution in [1.82, 2.24) is 4.90 Å². The SMILES string of the molecule is CCC(C(=O)N(C)C(=O)C(CC)c1ccccc1)c1ccccc1. The molecule has 0 fully saturated rings. The van der Waals surface area contributed by atoms with Crippen molar-refractivity contribution in [2.45, 2.75) is 38.5 Å². The highest BCUT2D eigenvalue weighted by Gasteiger charge is 2.30. The van der Waals surface area contributed by atoms with Gasteiger partial charge in [0.1, 0.15) is 0 Å². The Morgan fingerprint density at radius 3 is 1.38 bits per heavy atom. The zero-order chi connectivity index (χ0) is 17.5. The molecule has 0 heterocycles. The Labute approximate surface area is 144 Å². The van der Waals surface area contributed by atoms with Crippen molar-refractivity contribution < 1.29 is 9.59 Å². The molecule has 2 amide bonds. The highest BCUT2D eigenvalue weighted by Crippen LogP contribution is 2.26. The van der Waals surface area contributed by atoms with E-state index in [2.05, 4.69) is 0 Å². The van der Waals surface area contributed by atoms with Crippen LogP contribution in [0.4, 0.5) is 0 Å². The van der Waals surface area contributed by atoms with Crippen molar-refractivity contribution in [3.8, 4) is 0 Å². The number of carbonyl (C=O) groups excluding carboxylic acids is 2. The maximum Gasteiger partial charge on any atom is 0.236 e. The zero-order valence-electron chi connectivity index (χ0n) is 14.6. The van der Waals surface area contributed by atoms with Crippen molar-refractivity contribution in [2.75, 3.05) is 7.05 Å². The smallest absolute Gasteiger partial charge is 0.236 e. The van der Waals surface area contributed by atoms with Gasteiger partial charge in [-0.2, -0.15) is 0 Å². The van der Waals surface area contributed by atoms with Crippen LogP contribution in [0.25, 0.3) is 0 Å². The molecule has 2 unspecified atom stereocenters. The second-order valence-electron chi connectivity index (χ2n) is 5.98. The van der Waals surface area contributed by atoms with E-state index >= 15 is 0 Å². The minimum Gasteiger partial charge on any atom is -0.285 e. The van der Waals surface area contributed by atoms with E-state index in [1.54, 1.807) is 7.05 Å². The summed E-state index contributed by atoms with van der Waals surface area (Å²) in [5.41, 5.74) is 1.91. The first-order valence-electron chi connectivity index (χ1n) is 8.51. The first kappa shape index (κ1) is 17.9. The number of nitrogens with zero attached hydrogens (tertiary/aromatic N) is 1. The Morgan fingerprint density at radius 2 is 1.08 bits per heavy atom. The van der Waals surface area contributed by atoms with E-state index in [4.69, 9.17) is 0 Å². The maximum atomic E-state index is 12.9. The van der Waals surface area contributed by atoms with E-state index in [0.29, 0.717) is 12.8 Å². The summed E-state index contributed by atoms with van der Waals surface area (Å²) in [6, 6.07) is 19.3. The van der Waals surface area contributed by atoms with Crippen LogP contribution in [0, 0.1) is 0 Å². The summed E-state index contributed by atoms with van der Waals surface area (Å²) >= 11 is 0. The molecule has 0 aliphatic rings. The van der Waals surface area contributed by atoms with E-state index in [0.717, 1.165) is 11.1 Å². The highest BCUT2D eigenvalue weighted by molar-refractivity contribution is 6.00. The van der Waals surface area contributed by atoms with Gasteiger partial charge in [0.15, 0.2) is 0 Å². The highest BCUT2D eigenvalue weighted by atomic mass is 16.2. The molecule has 0 aromatic heterocycles. The third-order valence-electron chi connectivity index (χ3n) is 4.48. The molecule has 2 rings (SSSR count). The maximum absolute atomic E-state index is 12.9. The molecule has 126 valence electrons. The molecule has 3 heteroatoms. The molecule has 0 radical (unpaired) electrons. The van der Waals surface area contributed by atoms with Gasteiger partial charge in [0.05, 0.1) is 11.8 Å². The van der Waals surface area contributed by atoms with Crippen LogP contribution in [0.15, 0.2) is 60.7 Å². The lowest BCUT2D eigenvalue weighted by atomic mass is 9.92. The van der Waals surface area contributed by atoms with Crippen molar-refractivity contribution in [3.05, 3.63) is 71.8 Å². The third kappa shape index (κ3) is 3.91. The van der Waals surface area contributed by atoms with Gasteiger partial charge in [-0.25, -0.2) is 0 Å². The third-order valence-corrected chi connectivity index (χ3v) is 4.48. The molecule has 0 spiro atoms. The van der Waals surface area contributed by atoms with Gasteiger partial charge in [-0.1, -0.05) is 74.5 Å². The largest absolute Gasteiger partial charge is 0.285 e. The van der Waals surface area contributed by atoms with E-state index < -0.39 is 0 Å². The molecule has 0 aliphatic carbocycles. The quantitative estimate of drug-likeness (QED) is 0.792. The topological polar surface area (TPSA) is 37.4 Å². The summed E-state index contributed by atoms with van der Waals surface area (Å²) < 4.78 is 0. The van der Waals surface area contributed by atoms with E-state index in [1.807, 2.05) is 74.5 Å². The Kier molecular flexibility index (Phi) is 6.30. The second kappa shape index (κ2) is 8.44. The predicted molar refractivity (Wildman–Crippen MR) is 96.7 cm³/mol. The molecule has 3 nitrogen and oxygen atoms in total. The molecule has 2 aromatic carbocycles. The summed E-state index contributed by atoms with van der Waals surface area (Å²) in [6.45, 7) is 3.95. The van der Waals surface area contributed by atoms with Gasteiger partial charge in [0.25, 0.3) is 0 Å². The van der Waals surface area contributed by atoms with Gasteiger partial charge in [0.2, 0.25) is 11.8 Å². The standard InChI is InChI=1S/C21H25NO2/c1-4-18(16-12-8-6-9-13-16)20(23)22(3)21(24)19(5-2)17-14-10-7-11-15-17/h6-15,18-19H,4-5H2,1-3H3. The number of imide groups is 1. The van der Waals surface area contributed by atoms with Gasteiger partial charge in [-0.15, -0.1) is 0 Å². The number of carbonyl (C=O) groups is 2. The lowest BCUT2D eigenvalue weighted by Gasteiger charge is -2.25. The van der Waals surface area contributed by atoms with Crippen molar-refractivity contribution >= 4 is 11.8 Å². The molecule has 0 saturated carbocycles. The Morgan fingerprint density at radius 1 is 0.750 bits per heavy atom. The molecule has 0 aliphatic heterocycles. The fraction of sp³-hybridized carbons (Fsp3) is 0.333. The van der Waals surface area contributed by atoms with Crippen LogP contribution in [0.3, 0.4) is 0 Å². The van der Waals surface area contributed by atoms with E-state index in [-0.39, 0.29) is 23.7 Å². The minimum atomic E-state index is -0.284. The predicted octanol–water partition coefficient (Wildman–Crippen LogP) is 4.36. The fourth-order valence-electron chi connectivity index (χ4n) is 3.05. The molecule has 0 bridgehead atoms. The Balaban J connectivity index is 2.21. The van der Waals surface area contributed by atoms with Gasteiger partial charge < -0.3 is 0 Å². The van der Waals surface area contributed by atoms with E-state index in [9.17, 15) is 9.59 Å². The van der Waals surface area contributed by atoms with E-state index in [1.165, 1.54) is 4.90 Å². The molecule has 0 saturated heterocycles. The van der Waals surface area contributed by atoms with Gasteiger partial charge in [-0.05, 0) is 24.0 Å². The van der Waals surface area contributed by atoms with Gasteiger partial charge in [-0.3, -0.25) is 14.5 Å². The van der Waals surface area contributed by atoms with Gasteiger partial charge in [0, 0.05) is 7.05 Å². The molecule has 2 atom stereocenters. The van der Waals surface area contributed by atoms with Crippen LogP contribution in [0.5, 0.6) is 0 Å². The molecule has 24 heavy (non-hydrogen) atoms. The number of rotatable bonds is 6. The number of hydrogen-bond acceptors (Lipinski definition) is 2.